The predicted molar refractivity (Wildman–Crippen MR) is 113 cm³/mol. The van der Waals surface area contributed by atoms with Gasteiger partial charge in [-0.15, -0.1) is 24.0 Å². The predicted octanol–water partition coefficient (Wildman–Crippen LogP) is 2.96. The Hall–Kier alpha value is -2.23. The number of rotatable bonds is 7. The molecule has 6 nitrogen and oxygen atoms in total. The summed E-state index contributed by atoms with van der Waals surface area (Å²) in [6, 6.07) is 12.0. The quantitative estimate of drug-likeness (QED) is 0.272. The molecule has 0 amide bonds. The van der Waals surface area contributed by atoms with E-state index in [1.807, 2.05) is 18.2 Å². The second-order valence-corrected chi connectivity index (χ2v) is 5.67. The van der Waals surface area contributed by atoms with E-state index in [2.05, 4.69) is 15.6 Å². The Morgan fingerprint density at radius 2 is 1.93 bits per heavy atom. The van der Waals surface area contributed by atoms with E-state index in [1.54, 1.807) is 19.2 Å². The van der Waals surface area contributed by atoms with Crippen molar-refractivity contribution in [2.45, 2.75) is 6.42 Å². The second-order valence-electron chi connectivity index (χ2n) is 5.67. The number of nitrogens with one attached hydrogen (secondary N) is 2. The monoisotopic (exact) mass is 487 g/mol. The van der Waals surface area contributed by atoms with Crippen LogP contribution in [0.2, 0.25) is 0 Å². The summed E-state index contributed by atoms with van der Waals surface area (Å²) in [6.45, 7) is 1.97. The third kappa shape index (κ3) is 6.46. The summed E-state index contributed by atoms with van der Waals surface area (Å²) in [7, 11) is 1.71. The number of hydrogen-bond donors (Lipinski definition) is 2. The summed E-state index contributed by atoms with van der Waals surface area (Å²) in [6.07, 6.45) is 0.830. The number of ether oxygens (including phenoxy) is 3. The fourth-order valence-electron chi connectivity index (χ4n) is 2.54. The molecule has 0 saturated heterocycles. The smallest absolute Gasteiger partial charge is 0.231 e. The van der Waals surface area contributed by atoms with Crippen LogP contribution in [0.1, 0.15) is 5.56 Å². The average molecular weight is 487 g/mol. The topological polar surface area (TPSA) is 64.1 Å². The van der Waals surface area contributed by atoms with Gasteiger partial charge in [-0.25, -0.2) is 4.39 Å². The molecule has 8 heteroatoms. The standard InChI is InChI=1S/C19H22FN3O3.HI/c1-21-19(23-9-10-24-16-4-2-3-15(20)12-16)22-8-7-14-5-6-17-18(11-14)26-13-25-17;/h2-6,11-12H,7-10,13H2,1H3,(H2,21,22,23);1H. The Bertz CT molecular complexity index is 774. The fourth-order valence-corrected chi connectivity index (χ4v) is 2.54. The molecule has 0 atom stereocenters. The number of hydrogen-bond acceptors (Lipinski definition) is 4. The van der Waals surface area contributed by atoms with E-state index in [9.17, 15) is 4.39 Å². The van der Waals surface area contributed by atoms with Crippen molar-refractivity contribution in [3.8, 4) is 17.2 Å². The number of fused-ring (bicyclic) bond motifs is 1. The van der Waals surface area contributed by atoms with Crippen LogP contribution in [-0.2, 0) is 6.42 Å². The number of benzene rings is 2. The van der Waals surface area contributed by atoms with Crippen LogP contribution in [0.15, 0.2) is 47.5 Å². The largest absolute Gasteiger partial charge is 0.492 e. The average Bonchev–Trinajstić information content (AvgIpc) is 3.11. The zero-order chi connectivity index (χ0) is 18.2. The van der Waals surface area contributed by atoms with Crippen LogP contribution < -0.4 is 24.8 Å². The van der Waals surface area contributed by atoms with Crippen LogP contribution in [0.5, 0.6) is 17.2 Å². The van der Waals surface area contributed by atoms with Gasteiger partial charge in [-0.1, -0.05) is 12.1 Å². The van der Waals surface area contributed by atoms with Gasteiger partial charge in [-0.05, 0) is 36.2 Å². The minimum Gasteiger partial charge on any atom is -0.492 e. The van der Waals surface area contributed by atoms with Crippen LogP contribution >= 0.6 is 24.0 Å². The lowest BCUT2D eigenvalue weighted by molar-refractivity contribution is 0.174. The van der Waals surface area contributed by atoms with Gasteiger partial charge in [-0.3, -0.25) is 4.99 Å². The summed E-state index contributed by atoms with van der Waals surface area (Å²) < 4.78 is 29.2. The molecule has 0 fully saturated rings. The van der Waals surface area contributed by atoms with E-state index >= 15 is 0 Å². The zero-order valence-corrected chi connectivity index (χ0v) is 17.4. The molecule has 2 aromatic carbocycles. The SMILES string of the molecule is CN=C(NCCOc1cccc(F)c1)NCCc1ccc2c(c1)OCO2.I. The lowest BCUT2D eigenvalue weighted by atomic mass is 10.1. The first kappa shape index (κ1) is 21.1. The summed E-state index contributed by atoms with van der Waals surface area (Å²) in [5.41, 5.74) is 1.16. The minimum absolute atomic E-state index is 0. The molecule has 1 aliphatic heterocycles. The maximum Gasteiger partial charge on any atom is 0.231 e. The van der Waals surface area contributed by atoms with Crippen molar-refractivity contribution in [1.82, 2.24) is 10.6 Å². The maximum absolute atomic E-state index is 13.1. The maximum atomic E-state index is 13.1. The number of guanidine groups is 1. The molecule has 146 valence electrons. The molecule has 2 aromatic rings. The van der Waals surface area contributed by atoms with Crippen molar-refractivity contribution in [2.75, 3.05) is 33.5 Å². The molecule has 0 bridgehead atoms. The van der Waals surface area contributed by atoms with Crippen molar-refractivity contribution in [3.63, 3.8) is 0 Å². The van der Waals surface area contributed by atoms with Crippen molar-refractivity contribution < 1.29 is 18.6 Å². The number of halogens is 2. The molecule has 0 aliphatic carbocycles. The molecule has 1 heterocycles. The molecule has 1 aliphatic rings. The summed E-state index contributed by atoms with van der Waals surface area (Å²) in [4.78, 5) is 4.17. The number of aliphatic imine (C=N–C) groups is 1. The Morgan fingerprint density at radius 3 is 2.74 bits per heavy atom. The Labute approximate surface area is 175 Å². The first-order valence-electron chi connectivity index (χ1n) is 8.46. The van der Waals surface area contributed by atoms with Gasteiger partial charge < -0.3 is 24.8 Å². The van der Waals surface area contributed by atoms with Gasteiger partial charge in [0.05, 0.1) is 6.54 Å². The van der Waals surface area contributed by atoms with E-state index in [4.69, 9.17) is 14.2 Å². The Kier molecular flexibility index (Phi) is 8.43. The van der Waals surface area contributed by atoms with Crippen molar-refractivity contribution in [1.29, 1.82) is 0 Å². The van der Waals surface area contributed by atoms with Crippen molar-refractivity contribution in [3.05, 3.63) is 53.8 Å². The van der Waals surface area contributed by atoms with Crippen LogP contribution in [0.25, 0.3) is 0 Å². The number of nitrogens with zero attached hydrogens (tertiary/aromatic N) is 1. The van der Waals surface area contributed by atoms with Crippen molar-refractivity contribution >= 4 is 29.9 Å². The molecule has 3 rings (SSSR count). The van der Waals surface area contributed by atoms with Gasteiger partial charge in [0.2, 0.25) is 6.79 Å². The van der Waals surface area contributed by atoms with Gasteiger partial charge in [0, 0.05) is 19.7 Å². The lowest BCUT2D eigenvalue weighted by Gasteiger charge is -2.12. The van der Waals surface area contributed by atoms with E-state index in [0.29, 0.717) is 24.9 Å². The van der Waals surface area contributed by atoms with Gasteiger partial charge in [0.15, 0.2) is 17.5 Å². The summed E-state index contributed by atoms with van der Waals surface area (Å²) >= 11 is 0. The molecule has 0 aromatic heterocycles. The fraction of sp³-hybridized carbons (Fsp3) is 0.316. The molecule has 0 saturated carbocycles. The molecule has 0 radical (unpaired) electrons. The van der Waals surface area contributed by atoms with E-state index in [1.165, 1.54) is 12.1 Å². The van der Waals surface area contributed by atoms with Crippen LogP contribution in [-0.4, -0.2) is 39.5 Å². The minimum atomic E-state index is -0.309. The van der Waals surface area contributed by atoms with Crippen molar-refractivity contribution in [2.24, 2.45) is 4.99 Å². The second kappa shape index (κ2) is 10.8. The molecular formula is C19H23FIN3O3. The third-order valence-electron chi connectivity index (χ3n) is 3.83. The highest BCUT2D eigenvalue weighted by Crippen LogP contribution is 2.32. The first-order chi connectivity index (χ1) is 12.7. The Morgan fingerprint density at radius 1 is 1.11 bits per heavy atom. The van der Waals surface area contributed by atoms with E-state index in [-0.39, 0.29) is 36.6 Å². The van der Waals surface area contributed by atoms with Gasteiger partial charge in [0.25, 0.3) is 0 Å². The molecule has 0 unspecified atom stereocenters. The van der Waals surface area contributed by atoms with Crippen LogP contribution in [0, 0.1) is 5.82 Å². The highest BCUT2D eigenvalue weighted by atomic mass is 127. The Balaban J connectivity index is 0.00000261. The van der Waals surface area contributed by atoms with Crippen LogP contribution in [0.3, 0.4) is 0 Å². The van der Waals surface area contributed by atoms with Gasteiger partial charge >= 0.3 is 0 Å². The first-order valence-corrected chi connectivity index (χ1v) is 8.46. The molecular weight excluding hydrogens is 464 g/mol. The molecule has 2 N–H and O–H groups in total. The highest BCUT2D eigenvalue weighted by molar-refractivity contribution is 14.0. The highest BCUT2D eigenvalue weighted by Gasteiger charge is 2.12. The summed E-state index contributed by atoms with van der Waals surface area (Å²) in [5.74, 6) is 2.47. The summed E-state index contributed by atoms with van der Waals surface area (Å²) in [5, 5.41) is 6.40. The van der Waals surface area contributed by atoms with Crippen LogP contribution in [0.4, 0.5) is 4.39 Å². The normalized spacial score (nSPS) is 12.3. The van der Waals surface area contributed by atoms with Gasteiger partial charge in [-0.2, -0.15) is 0 Å². The molecule has 0 spiro atoms. The van der Waals surface area contributed by atoms with E-state index < -0.39 is 0 Å². The van der Waals surface area contributed by atoms with E-state index in [0.717, 1.165) is 30.0 Å². The lowest BCUT2D eigenvalue weighted by Crippen LogP contribution is -2.40. The third-order valence-corrected chi connectivity index (χ3v) is 3.83. The van der Waals surface area contributed by atoms with Gasteiger partial charge in [0.1, 0.15) is 18.2 Å². The molecule has 27 heavy (non-hydrogen) atoms. The zero-order valence-electron chi connectivity index (χ0n) is 15.0.